The molecule has 3 heterocycles. The number of benzene rings is 2. The summed E-state index contributed by atoms with van der Waals surface area (Å²) in [5.74, 6) is 0.0663. The number of amides is 1. The Morgan fingerprint density at radius 2 is 1.88 bits per heavy atom. The van der Waals surface area contributed by atoms with E-state index in [0.717, 1.165) is 10.6 Å². The maximum atomic E-state index is 13.1. The third-order valence-corrected chi connectivity index (χ3v) is 8.20. The van der Waals surface area contributed by atoms with Gasteiger partial charge in [0, 0.05) is 6.54 Å². The first-order chi connectivity index (χ1) is 15.9. The van der Waals surface area contributed by atoms with Crippen LogP contribution in [0.5, 0.6) is 0 Å². The van der Waals surface area contributed by atoms with E-state index < -0.39 is 15.9 Å². The van der Waals surface area contributed by atoms with Crippen molar-refractivity contribution in [2.75, 3.05) is 21.9 Å². The molecule has 1 aliphatic heterocycles. The molecule has 5 rings (SSSR count). The van der Waals surface area contributed by atoms with Gasteiger partial charge in [0.05, 0.1) is 32.7 Å². The lowest BCUT2D eigenvalue weighted by Crippen LogP contribution is -2.25. The molecule has 1 amide bonds. The van der Waals surface area contributed by atoms with Gasteiger partial charge >= 0.3 is 0 Å². The number of rotatable bonds is 5. The average Bonchev–Trinajstić information content (AvgIpc) is 3.55. The molecule has 0 spiro atoms. The zero-order valence-electron chi connectivity index (χ0n) is 17.2. The second kappa shape index (κ2) is 8.62. The molecule has 2 aromatic carbocycles. The quantitative estimate of drug-likeness (QED) is 0.437. The summed E-state index contributed by atoms with van der Waals surface area (Å²) in [6, 6.07) is 18.0. The number of para-hydroxylation sites is 1. The number of nitrogens with one attached hydrogen (secondary N) is 1. The van der Waals surface area contributed by atoms with Gasteiger partial charge in [-0.3, -0.25) is 9.10 Å². The van der Waals surface area contributed by atoms with Gasteiger partial charge < -0.3 is 5.32 Å². The van der Waals surface area contributed by atoms with Crippen LogP contribution in [0.2, 0.25) is 5.02 Å². The largest absolute Gasteiger partial charge is 0.318 e. The Balaban J connectivity index is 1.48. The summed E-state index contributed by atoms with van der Waals surface area (Å²) in [4.78, 5) is 18.4. The van der Waals surface area contributed by atoms with Gasteiger partial charge in [-0.05, 0) is 48.2 Å². The molecule has 1 aliphatic rings. The lowest BCUT2D eigenvalue weighted by molar-refractivity contribution is 0.101. The van der Waals surface area contributed by atoms with E-state index in [2.05, 4.69) is 15.4 Å². The Kier molecular flexibility index (Phi) is 5.65. The molecular formula is C22H18ClN5O3S2. The molecule has 1 fully saturated rings. The van der Waals surface area contributed by atoms with Gasteiger partial charge in [-0.1, -0.05) is 35.9 Å². The number of hydrogen-bond donors (Lipinski definition) is 1. The van der Waals surface area contributed by atoms with E-state index >= 15 is 0 Å². The van der Waals surface area contributed by atoms with Crippen LogP contribution in [-0.2, 0) is 10.0 Å². The van der Waals surface area contributed by atoms with Gasteiger partial charge in [0.25, 0.3) is 5.91 Å². The van der Waals surface area contributed by atoms with Crippen LogP contribution in [0.1, 0.15) is 17.0 Å². The fourth-order valence-corrected chi connectivity index (χ4v) is 6.01. The maximum absolute atomic E-state index is 13.1. The fourth-order valence-electron chi connectivity index (χ4n) is 3.59. The Bertz CT molecular complexity index is 1420. The maximum Gasteiger partial charge on any atom is 0.295 e. The molecule has 168 valence electrons. The summed E-state index contributed by atoms with van der Waals surface area (Å²) in [6.45, 7) is 0.393. The Labute approximate surface area is 199 Å². The first kappa shape index (κ1) is 21.6. The van der Waals surface area contributed by atoms with E-state index in [1.807, 2.05) is 47.8 Å². The van der Waals surface area contributed by atoms with Crippen LogP contribution in [0.3, 0.4) is 0 Å². The van der Waals surface area contributed by atoms with Gasteiger partial charge in [-0.25, -0.2) is 18.1 Å². The predicted octanol–water partition coefficient (Wildman–Crippen LogP) is 4.44. The lowest BCUT2D eigenvalue weighted by Gasteiger charge is -2.18. The molecule has 33 heavy (non-hydrogen) atoms. The molecule has 0 atom stereocenters. The summed E-state index contributed by atoms with van der Waals surface area (Å²) in [5, 5.41) is 9.37. The number of nitrogens with zero attached hydrogens (tertiary/aromatic N) is 4. The van der Waals surface area contributed by atoms with Gasteiger partial charge in [0.2, 0.25) is 15.8 Å². The molecule has 0 bridgehead atoms. The number of aromatic nitrogens is 3. The third-order valence-electron chi connectivity index (χ3n) is 5.14. The average molecular weight is 500 g/mol. The van der Waals surface area contributed by atoms with Crippen molar-refractivity contribution in [1.82, 2.24) is 14.8 Å². The summed E-state index contributed by atoms with van der Waals surface area (Å²) < 4.78 is 27.5. The zero-order chi connectivity index (χ0) is 23.0. The van der Waals surface area contributed by atoms with Crippen LogP contribution in [0.25, 0.3) is 16.4 Å². The van der Waals surface area contributed by atoms with Crippen molar-refractivity contribution in [1.29, 1.82) is 0 Å². The Hall–Kier alpha value is -3.21. The van der Waals surface area contributed by atoms with E-state index in [0.29, 0.717) is 24.5 Å². The van der Waals surface area contributed by atoms with Crippen molar-refractivity contribution >= 4 is 50.2 Å². The molecule has 2 aromatic heterocycles. The Morgan fingerprint density at radius 3 is 2.58 bits per heavy atom. The van der Waals surface area contributed by atoms with Gasteiger partial charge in [-0.15, -0.1) is 16.4 Å². The lowest BCUT2D eigenvalue weighted by atomic mass is 10.2. The Morgan fingerprint density at radius 1 is 1.06 bits per heavy atom. The van der Waals surface area contributed by atoms with Crippen LogP contribution in [0.15, 0.2) is 66.0 Å². The molecule has 4 aromatic rings. The number of hydrogen-bond acceptors (Lipinski definition) is 6. The number of sulfonamides is 1. The SMILES string of the molecule is O=C(Nc1cc(N2CCCS2(=O)=O)ccc1Cl)c1nc(-c2cccs2)n(-c2ccccc2)n1. The highest BCUT2D eigenvalue weighted by Crippen LogP contribution is 2.32. The summed E-state index contributed by atoms with van der Waals surface area (Å²) >= 11 is 7.79. The second-order valence-corrected chi connectivity index (χ2v) is 10.7. The molecular weight excluding hydrogens is 482 g/mol. The normalized spacial score (nSPS) is 15.0. The first-order valence-electron chi connectivity index (χ1n) is 10.1. The highest BCUT2D eigenvalue weighted by molar-refractivity contribution is 7.93. The van der Waals surface area contributed by atoms with Crippen molar-refractivity contribution in [2.24, 2.45) is 0 Å². The van der Waals surface area contributed by atoms with Gasteiger partial charge in [0.15, 0.2) is 5.82 Å². The highest BCUT2D eigenvalue weighted by atomic mass is 35.5. The van der Waals surface area contributed by atoms with E-state index in [-0.39, 0.29) is 22.3 Å². The minimum Gasteiger partial charge on any atom is -0.318 e. The second-order valence-electron chi connectivity index (χ2n) is 7.34. The van der Waals surface area contributed by atoms with Gasteiger partial charge in [-0.2, -0.15) is 0 Å². The van der Waals surface area contributed by atoms with Crippen LogP contribution in [0.4, 0.5) is 11.4 Å². The molecule has 8 nitrogen and oxygen atoms in total. The number of carbonyl (C=O) groups excluding carboxylic acids is 1. The smallest absolute Gasteiger partial charge is 0.295 e. The van der Waals surface area contributed by atoms with Crippen molar-refractivity contribution in [3.05, 3.63) is 76.9 Å². The van der Waals surface area contributed by atoms with E-state index in [4.69, 9.17) is 11.6 Å². The van der Waals surface area contributed by atoms with Crippen molar-refractivity contribution < 1.29 is 13.2 Å². The zero-order valence-corrected chi connectivity index (χ0v) is 19.6. The third kappa shape index (κ3) is 4.24. The monoisotopic (exact) mass is 499 g/mol. The number of carbonyl (C=O) groups is 1. The number of anilines is 2. The van der Waals surface area contributed by atoms with Crippen LogP contribution in [-0.4, -0.2) is 41.4 Å². The molecule has 0 saturated carbocycles. The van der Waals surface area contributed by atoms with E-state index in [1.54, 1.807) is 22.9 Å². The molecule has 1 saturated heterocycles. The standard InChI is InChI=1S/C22H18ClN5O3S2/c23-17-10-9-16(27-11-5-13-33(27,30)31)14-18(17)24-22(29)20-25-21(19-8-4-12-32-19)28(26-20)15-6-2-1-3-7-15/h1-4,6-10,12,14H,5,11,13H2,(H,24,29). The van der Waals surface area contributed by atoms with Crippen molar-refractivity contribution in [2.45, 2.75) is 6.42 Å². The van der Waals surface area contributed by atoms with Crippen molar-refractivity contribution in [3.8, 4) is 16.4 Å². The minimum absolute atomic E-state index is 0.0301. The first-order valence-corrected chi connectivity index (χ1v) is 13.0. The predicted molar refractivity (Wildman–Crippen MR) is 130 cm³/mol. The molecule has 11 heteroatoms. The minimum atomic E-state index is -3.36. The van der Waals surface area contributed by atoms with Crippen LogP contribution in [0, 0.1) is 0 Å². The fraction of sp³-hybridized carbons (Fsp3) is 0.136. The number of thiophene rings is 1. The molecule has 0 aliphatic carbocycles. The summed E-state index contributed by atoms with van der Waals surface area (Å²) in [5.41, 5.74) is 1.51. The van der Waals surface area contributed by atoms with Crippen LogP contribution >= 0.6 is 22.9 Å². The summed E-state index contributed by atoms with van der Waals surface area (Å²) in [6.07, 6.45) is 0.555. The van der Waals surface area contributed by atoms with Gasteiger partial charge in [0.1, 0.15) is 0 Å². The molecule has 1 N–H and O–H groups in total. The number of halogens is 1. The van der Waals surface area contributed by atoms with E-state index in [9.17, 15) is 13.2 Å². The van der Waals surface area contributed by atoms with Crippen molar-refractivity contribution in [3.63, 3.8) is 0 Å². The highest BCUT2D eigenvalue weighted by Gasteiger charge is 2.29. The molecule has 0 unspecified atom stereocenters. The topological polar surface area (TPSA) is 97.2 Å². The summed E-state index contributed by atoms with van der Waals surface area (Å²) in [7, 11) is -3.36. The molecule has 0 radical (unpaired) electrons. The van der Waals surface area contributed by atoms with Crippen LogP contribution < -0.4 is 9.62 Å². The van der Waals surface area contributed by atoms with E-state index in [1.165, 1.54) is 15.6 Å².